The lowest BCUT2D eigenvalue weighted by molar-refractivity contribution is 0.711. The third-order valence-electron chi connectivity index (χ3n) is 2.65. The van der Waals surface area contributed by atoms with Crippen LogP contribution < -0.4 is 16.0 Å². The van der Waals surface area contributed by atoms with E-state index in [0.717, 1.165) is 23.9 Å². The van der Waals surface area contributed by atoms with Gasteiger partial charge in [-0.15, -0.1) is 0 Å². The third-order valence-corrected chi connectivity index (χ3v) is 2.65. The summed E-state index contributed by atoms with van der Waals surface area (Å²) >= 11 is 0. The number of nitrogens with two attached hydrogens (primary N) is 1. The Morgan fingerprint density at radius 3 is 2.68 bits per heavy atom. The van der Waals surface area contributed by atoms with Crippen LogP contribution in [-0.4, -0.2) is 29.6 Å². The molecule has 0 aliphatic rings. The average Bonchev–Trinajstić information content (AvgIpc) is 2.39. The number of aromatic nitrogens is 2. The fourth-order valence-electron chi connectivity index (χ4n) is 1.82. The molecule has 0 saturated heterocycles. The van der Waals surface area contributed by atoms with Gasteiger partial charge in [0.1, 0.15) is 18.0 Å². The van der Waals surface area contributed by atoms with Crippen molar-refractivity contribution in [2.75, 3.05) is 23.8 Å². The Kier molecular flexibility index (Phi) is 4.30. The van der Waals surface area contributed by atoms with Crippen molar-refractivity contribution in [2.24, 2.45) is 5.73 Å². The van der Waals surface area contributed by atoms with Crippen LogP contribution in [0.5, 0.6) is 0 Å². The summed E-state index contributed by atoms with van der Waals surface area (Å²) in [6.07, 6.45) is 1.55. The Morgan fingerprint density at radius 1 is 1.26 bits per heavy atom. The van der Waals surface area contributed by atoms with Gasteiger partial charge in [-0.3, -0.25) is 0 Å². The van der Waals surface area contributed by atoms with E-state index in [1.807, 2.05) is 55.3 Å². The molecular formula is C14H19N5. The zero-order chi connectivity index (χ0) is 13.7. The molecule has 1 atom stereocenters. The lowest BCUT2D eigenvalue weighted by Crippen LogP contribution is -2.33. The number of likely N-dealkylation sites (N-methyl/N-ethyl adjacent to an activating group) is 1. The Hall–Kier alpha value is -2.14. The maximum atomic E-state index is 5.79. The zero-order valence-corrected chi connectivity index (χ0v) is 11.2. The second kappa shape index (κ2) is 6.15. The second-order valence-electron chi connectivity index (χ2n) is 4.61. The average molecular weight is 257 g/mol. The first kappa shape index (κ1) is 13.3. The van der Waals surface area contributed by atoms with Gasteiger partial charge in [-0.25, -0.2) is 9.97 Å². The van der Waals surface area contributed by atoms with Gasteiger partial charge in [0.25, 0.3) is 0 Å². The van der Waals surface area contributed by atoms with Crippen molar-refractivity contribution < 1.29 is 0 Å². The van der Waals surface area contributed by atoms with Gasteiger partial charge in [0.15, 0.2) is 0 Å². The Balaban J connectivity index is 2.11. The first-order valence-electron chi connectivity index (χ1n) is 6.26. The minimum atomic E-state index is 0.102. The van der Waals surface area contributed by atoms with E-state index < -0.39 is 0 Å². The van der Waals surface area contributed by atoms with Crippen LogP contribution in [0.25, 0.3) is 0 Å². The summed E-state index contributed by atoms with van der Waals surface area (Å²) in [5.41, 5.74) is 6.79. The molecule has 5 nitrogen and oxygen atoms in total. The van der Waals surface area contributed by atoms with Crippen molar-refractivity contribution in [3.05, 3.63) is 42.7 Å². The molecular weight excluding hydrogens is 238 g/mol. The topological polar surface area (TPSA) is 67.1 Å². The maximum Gasteiger partial charge on any atom is 0.135 e. The minimum Gasteiger partial charge on any atom is -0.358 e. The number of hydrogen-bond acceptors (Lipinski definition) is 5. The summed E-state index contributed by atoms with van der Waals surface area (Å²) < 4.78 is 0. The predicted octanol–water partition coefficient (Wildman–Crippen LogP) is 2.00. The van der Waals surface area contributed by atoms with E-state index in [1.165, 1.54) is 0 Å². The largest absolute Gasteiger partial charge is 0.358 e. The van der Waals surface area contributed by atoms with Crippen molar-refractivity contribution >= 4 is 17.3 Å². The molecule has 2 rings (SSSR count). The number of para-hydroxylation sites is 1. The summed E-state index contributed by atoms with van der Waals surface area (Å²) in [4.78, 5) is 10.5. The highest BCUT2D eigenvalue weighted by atomic mass is 15.2. The Morgan fingerprint density at radius 2 is 2.00 bits per heavy atom. The van der Waals surface area contributed by atoms with Crippen LogP contribution in [0.2, 0.25) is 0 Å². The van der Waals surface area contributed by atoms with Crippen LogP contribution >= 0.6 is 0 Å². The van der Waals surface area contributed by atoms with Gasteiger partial charge in [-0.05, 0) is 19.1 Å². The normalized spacial score (nSPS) is 11.9. The molecule has 0 fully saturated rings. The summed E-state index contributed by atoms with van der Waals surface area (Å²) in [6.45, 7) is 2.72. The highest BCUT2D eigenvalue weighted by Crippen LogP contribution is 2.17. The number of nitrogens with one attached hydrogen (secondary N) is 1. The second-order valence-corrected chi connectivity index (χ2v) is 4.61. The summed E-state index contributed by atoms with van der Waals surface area (Å²) in [5.74, 6) is 1.62. The van der Waals surface area contributed by atoms with Crippen molar-refractivity contribution in [1.82, 2.24) is 9.97 Å². The molecule has 5 heteroatoms. The van der Waals surface area contributed by atoms with E-state index in [-0.39, 0.29) is 6.04 Å². The molecule has 1 aromatic heterocycles. The van der Waals surface area contributed by atoms with Crippen LogP contribution in [0, 0.1) is 0 Å². The van der Waals surface area contributed by atoms with Crippen LogP contribution in [-0.2, 0) is 0 Å². The molecule has 2 aromatic rings. The lowest BCUT2D eigenvalue weighted by Gasteiger charge is -2.20. The van der Waals surface area contributed by atoms with Crippen LogP contribution in [0.4, 0.5) is 17.3 Å². The number of hydrogen-bond donors (Lipinski definition) is 2. The Labute approximate surface area is 113 Å². The molecule has 1 unspecified atom stereocenters. The summed E-state index contributed by atoms with van der Waals surface area (Å²) in [6, 6.07) is 11.9. The van der Waals surface area contributed by atoms with E-state index in [2.05, 4.69) is 15.3 Å². The highest BCUT2D eigenvalue weighted by molar-refractivity contribution is 5.58. The third kappa shape index (κ3) is 3.93. The van der Waals surface area contributed by atoms with Gasteiger partial charge in [-0.2, -0.15) is 0 Å². The van der Waals surface area contributed by atoms with Crippen molar-refractivity contribution in [2.45, 2.75) is 13.0 Å². The number of nitrogens with zero attached hydrogens (tertiary/aromatic N) is 3. The van der Waals surface area contributed by atoms with E-state index in [1.54, 1.807) is 6.33 Å². The van der Waals surface area contributed by atoms with Crippen LogP contribution in [0.15, 0.2) is 42.7 Å². The van der Waals surface area contributed by atoms with Gasteiger partial charge in [0.2, 0.25) is 0 Å². The van der Waals surface area contributed by atoms with E-state index in [4.69, 9.17) is 5.73 Å². The maximum absolute atomic E-state index is 5.79. The molecule has 0 aliphatic carbocycles. The molecule has 0 amide bonds. The molecule has 0 aliphatic heterocycles. The smallest absolute Gasteiger partial charge is 0.135 e. The molecule has 0 radical (unpaired) electrons. The molecule has 1 heterocycles. The standard InChI is InChI=1S/C14H19N5/c1-11(15)9-19(2)14-8-13(16-10-17-14)18-12-6-4-3-5-7-12/h3-8,10-11H,9,15H2,1-2H3,(H,16,17,18). The van der Waals surface area contributed by atoms with Crippen LogP contribution in [0.3, 0.4) is 0 Å². The zero-order valence-electron chi connectivity index (χ0n) is 11.2. The van der Waals surface area contributed by atoms with E-state index in [9.17, 15) is 0 Å². The fraction of sp³-hybridized carbons (Fsp3) is 0.286. The summed E-state index contributed by atoms with van der Waals surface area (Å²) in [7, 11) is 1.97. The first-order valence-corrected chi connectivity index (χ1v) is 6.26. The predicted molar refractivity (Wildman–Crippen MR) is 78.7 cm³/mol. The van der Waals surface area contributed by atoms with Gasteiger partial charge in [0.05, 0.1) is 0 Å². The molecule has 0 saturated carbocycles. The van der Waals surface area contributed by atoms with Crippen LogP contribution in [0.1, 0.15) is 6.92 Å². The van der Waals surface area contributed by atoms with Crippen molar-refractivity contribution in [3.63, 3.8) is 0 Å². The van der Waals surface area contributed by atoms with Gasteiger partial charge >= 0.3 is 0 Å². The van der Waals surface area contributed by atoms with Gasteiger partial charge in [0, 0.05) is 31.4 Å². The van der Waals surface area contributed by atoms with Crippen molar-refractivity contribution in [1.29, 1.82) is 0 Å². The quantitative estimate of drug-likeness (QED) is 0.857. The highest BCUT2D eigenvalue weighted by Gasteiger charge is 2.06. The monoisotopic (exact) mass is 257 g/mol. The molecule has 1 aromatic carbocycles. The lowest BCUT2D eigenvalue weighted by atomic mass is 10.3. The van der Waals surface area contributed by atoms with Gasteiger partial charge in [-0.1, -0.05) is 18.2 Å². The number of anilines is 3. The summed E-state index contributed by atoms with van der Waals surface area (Å²) in [5, 5.41) is 3.24. The number of benzene rings is 1. The van der Waals surface area contributed by atoms with E-state index >= 15 is 0 Å². The Bertz CT molecular complexity index is 512. The molecule has 0 spiro atoms. The molecule has 19 heavy (non-hydrogen) atoms. The first-order chi connectivity index (χ1) is 9.15. The molecule has 0 bridgehead atoms. The fourth-order valence-corrected chi connectivity index (χ4v) is 1.82. The van der Waals surface area contributed by atoms with Crippen molar-refractivity contribution in [3.8, 4) is 0 Å². The minimum absolute atomic E-state index is 0.102. The molecule has 3 N–H and O–H groups in total. The SMILES string of the molecule is CC(N)CN(C)c1cc(Nc2ccccc2)ncn1. The molecule has 100 valence electrons. The van der Waals surface area contributed by atoms with E-state index in [0.29, 0.717) is 0 Å². The van der Waals surface area contributed by atoms with Gasteiger partial charge < -0.3 is 16.0 Å². The number of rotatable bonds is 5.